The number of carbonyl (C=O) groups is 1. The number of anilines is 1. The van der Waals surface area contributed by atoms with Crippen molar-refractivity contribution in [1.29, 1.82) is 5.26 Å². The number of nitroso groups, excluding NO2 is 1. The molecule has 2 N–H and O–H groups in total. The van der Waals surface area contributed by atoms with Crippen molar-refractivity contribution in [3.8, 4) is 6.07 Å². The third-order valence-electron chi connectivity index (χ3n) is 8.65. The quantitative estimate of drug-likeness (QED) is 0.427. The van der Waals surface area contributed by atoms with Crippen molar-refractivity contribution in [2.45, 2.75) is 81.8 Å². The highest BCUT2D eigenvalue weighted by molar-refractivity contribution is 6.10. The van der Waals surface area contributed by atoms with E-state index in [1.807, 2.05) is 6.07 Å². The van der Waals surface area contributed by atoms with Gasteiger partial charge in [0.25, 0.3) is 0 Å². The van der Waals surface area contributed by atoms with Crippen molar-refractivity contribution in [3.63, 3.8) is 0 Å². The second-order valence-electron chi connectivity index (χ2n) is 11.5. The maximum Gasteiger partial charge on any atom is 0.226 e. The van der Waals surface area contributed by atoms with Crippen LogP contribution in [0.4, 0.5) is 5.82 Å². The molecule has 9 heteroatoms. The van der Waals surface area contributed by atoms with E-state index in [2.05, 4.69) is 21.0 Å². The fraction of sp³-hybridized carbons (Fsp3) is 0.643. The number of aliphatic imine (C=N–C) groups is 1. The SMILES string of the molecule is N#Cc1cc(C(C=NC2CCC(N=O)C2)=CN)c(C2CC2)nc1N1CCN(C(=O)C2CC2)C(C2CC2)C1. The Kier molecular flexibility index (Phi) is 6.43. The Balaban J connectivity index is 1.27. The highest BCUT2D eigenvalue weighted by Crippen LogP contribution is 2.45. The number of allylic oxidation sites excluding steroid dienone is 1. The second kappa shape index (κ2) is 9.88. The number of pyridine rings is 1. The van der Waals surface area contributed by atoms with Crippen LogP contribution in [-0.2, 0) is 4.79 Å². The minimum atomic E-state index is -0.153. The van der Waals surface area contributed by atoms with Gasteiger partial charge in [0.1, 0.15) is 11.9 Å². The Labute approximate surface area is 217 Å². The largest absolute Gasteiger partial charge is 0.404 e. The number of nitriles is 1. The van der Waals surface area contributed by atoms with Crippen LogP contribution < -0.4 is 10.6 Å². The molecule has 1 amide bonds. The van der Waals surface area contributed by atoms with E-state index in [4.69, 9.17) is 15.7 Å². The van der Waals surface area contributed by atoms with E-state index < -0.39 is 0 Å². The summed E-state index contributed by atoms with van der Waals surface area (Å²) in [5, 5.41) is 13.3. The van der Waals surface area contributed by atoms with Crippen LogP contribution in [0.2, 0.25) is 0 Å². The fourth-order valence-corrected chi connectivity index (χ4v) is 6.02. The lowest BCUT2D eigenvalue weighted by atomic mass is 9.99. The molecular formula is C28H35N7O2. The van der Waals surface area contributed by atoms with E-state index >= 15 is 0 Å². The van der Waals surface area contributed by atoms with E-state index in [9.17, 15) is 15.0 Å². The summed E-state index contributed by atoms with van der Waals surface area (Å²) < 4.78 is 0. The molecule has 4 aliphatic carbocycles. The van der Waals surface area contributed by atoms with Crippen LogP contribution in [0.25, 0.3) is 5.57 Å². The number of hydrogen-bond acceptors (Lipinski definition) is 8. The van der Waals surface area contributed by atoms with Gasteiger partial charge in [-0.05, 0) is 69.8 Å². The van der Waals surface area contributed by atoms with Gasteiger partial charge in [0.2, 0.25) is 5.91 Å². The van der Waals surface area contributed by atoms with Crippen LogP contribution >= 0.6 is 0 Å². The van der Waals surface area contributed by atoms with Gasteiger partial charge in [0.05, 0.1) is 29.4 Å². The number of rotatable bonds is 8. The molecule has 0 spiro atoms. The summed E-state index contributed by atoms with van der Waals surface area (Å²) in [7, 11) is 0. The lowest BCUT2D eigenvalue weighted by Gasteiger charge is -2.43. The van der Waals surface area contributed by atoms with Gasteiger partial charge < -0.3 is 15.5 Å². The van der Waals surface area contributed by atoms with E-state index in [-0.39, 0.29) is 24.0 Å². The molecule has 1 aliphatic heterocycles. The van der Waals surface area contributed by atoms with Crippen LogP contribution in [0.15, 0.2) is 22.4 Å². The van der Waals surface area contributed by atoms with Crippen molar-refractivity contribution in [2.24, 2.45) is 27.7 Å². The third-order valence-corrected chi connectivity index (χ3v) is 8.65. The molecule has 1 saturated heterocycles. The molecule has 9 nitrogen and oxygen atoms in total. The van der Waals surface area contributed by atoms with Gasteiger partial charge in [0.15, 0.2) is 0 Å². The van der Waals surface area contributed by atoms with Gasteiger partial charge in [-0.3, -0.25) is 9.79 Å². The van der Waals surface area contributed by atoms with Crippen molar-refractivity contribution < 1.29 is 4.79 Å². The van der Waals surface area contributed by atoms with Crippen LogP contribution in [0, 0.1) is 28.1 Å². The molecule has 0 radical (unpaired) electrons. The van der Waals surface area contributed by atoms with Gasteiger partial charge in [-0.2, -0.15) is 10.2 Å². The predicted molar refractivity (Wildman–Crippen MR) is 142 cm³/mol. The molecule has 5 aliphatic rings. The number of hydrogen-bond donors (Lipinski definition) is 1. The first-order valence-corrected chi connectivity index (χ1v) is 13.9. The Bertz CT molecular complexity index is 1180. The van der Waals surface area contributed by atoms with Crippen LogP contribution in [0.3, 0.4) is 0 Å². The summed E-state index contributed by atoms with van der Waals surface area (Å²) in [6, 6.07) is 4.44. The highest BCUT2D eigenvalue weighted by Gasteiger charge is 2.45. The van der Waals surface area contributed by atoms with Crippen molar-refractivity contribution >= 4 is 23.5 Å². The Morgan fingerprint density at radius 2 is 1.89 bits per heavy atom. The van der Waals surface area contributed by atoms with Crippen molar-refractivity contribution in [2.75, 3.05) is 24.5 Å². The zero-order valence-corrected chi connectivity index (χ0v) is 21.3. The first-order chi connectivity index (χ1) is 18.1. The maximum absolute atomic E-state index is 13.0. The molecule has 2 heterocycles. The lowest BCUT2D eigenvalue weighted by Crippen LogP contribution is -2.57. The molecule has 4 saturated carbocycles. The number of piperazine rings is 1. The molecule has 6 rings (SSSR count). The van der Waals surface area contributed by atoms with Crippen LogP contribution in [0.1, 0.15) is 80.5 Å². The van der Waals surface area contributed by atoms with E-state index in [0.717, 1.165) is 67.7 Å². The van der Waals surface area contributed by atoms with E-state index in [1.165, 1.54) is 12.8 Å². The molecule has 1 aromatic heterocycles. The van der Waals surface area contributed by atoms with Crippen LogP contribution in [0.5, 0.6) is 0 Å². The molecule has 0 aromatic carbocycles. The fourth-order valence-electron chi connectivity index (χ4n) is 6.02. The lowest BCUT2D eigenvalue weighted by molar-refractivity contribution is -0.135. The number of carbonyl (C=O) groups excluding carboxylic acids is 1. The minimum absolute atomic E-state index is 0.0682. The van der Waals surface area contributed by atoms with Gasteiger partial charge in [-0.25, -0.2) is 4.98 Å². The summed E-state index contributed by atoms with van der Waals surface area (Å²) >= 11 is 0. The van der Waals surface area contributed by atoms with E-state index in [0.29, 0.717) is 42.8 Å². The number of amides is 1. The first kappa shape index (κ1) is 24.1. The molecule has 1 aromatic rings. The summed E-state index contributed by atoms with van der Waals surface area (Å²) in [4.78, 5) is 38.0. The van der Waals surface area contributed by atoms with Gasteiger partial charge in [0, 0.05) is 55.0 Å². The van der Waals surface area contributed by atoms with Gasteiger partial charge in [-0.15, -0.1) is 0 Å². The predicted octanol–water partition coefficient (Wildman–Crippen LogP) is 3.73. The average molecular weight is 502 g/mol. The number of aromatic nitrogens is 1. The summed E-state index contributed by atoms with van der Waals surface area (Å²) in [5.74, 6) is 2.21. The maximum atomic E-state index is 13.0. The molecular weight excluding hydrogens is 466 g/mol. The highest BCUT2D eigenvalue weighted by atomic mass is 16.3. The molecule has 194 valence electrons. The van der Waals surface area contributed by atoms with Gasteiger partial charge in [-0.1, -0.05) is 5.18 Å². The molecule has 5 fully saturated rings. The molecule has 0 bridgehead atoms. The summed E-state index contributed by atoms with van der Waals surface area (Å²) in [5.41, 5.74) is 9.21. The van der Waals surface area contributed by atoms with Crippen LogP contribution in [-0.4, -0.2) is 59.8 Å². The second-order valence-corrected chi connectivity index (χ2v) is 11.5. The first-order valence-electron chi connectivity index (χ1n) is 13.9. The van der Waals surface area contributed by atoms with Crippen molar-refractivity contribution in [1.82, 2.24) is 9.88 Å². The average Bonchev–Trinajstić information content (AvgIpc) is 3.79. The smallest absolute Gasteiger partial charge is 0.226 e. The third kappa shape index (κ3) is 4.98. The van der Waals surface area contributed by atoms with E-state index in [1.54, 1.807) is 12.4 Å². The van der Waals surface area contributed by atoms with Crippen molar-refractivity contribution in [3.05, 3.63) is 34.0 Å². The Hall–Kier alpha value is -3.28. The zero-order valence-electron chi connectivity index (χ0n) is 21.3. The number of nitrogens with two attached hydrogens (primary N) is 1. The molecule has 3 unspecified atom stereocenters. The zero-order chi connectivity index (χ0) is 25.5. The normalized spacial score (nSPS) is 28.5. The molecule has 3 atom stereocenters. The Morgan fingerprint density at radius 1 is 1.11 bits per heavy atom. The topological polar surface area (TPSA) is 128 Å². The summed E-state index contributed by atoms with van der Waals surface area (Å²) in [6.45, 7) is 2.13. The Morgan fingerprint density at radius 3 is 2.51 bits per heavy atom. The standard InChI is InChI=1S/C28H35N7O2/c29-13-20-11-24(21(14-30)15-31-22-7-8-23(12-22)33-37)26(18-3-4-18)32-27(20)34-9-10-35(28(36)19-5-6-19)25(16-34)17-1-2-17/h11,14-15,17-19,22-23,25H,1-10,12,16,30H2. The molecule has 37 heavy (non-hydrogen) atoms. The minimum Gasteiger partial charge on any atom is -0.404 e. The monoisotopic (exact) mass is 501 g/mol. The van der Waals surface area contributed by atoms with Gasteiger partial charge >= 0.3 is 0 Å². The summed E-state index contributed by atoms with van der Waals surface area (Å²) in [6.07, 6.45) is 12.2. The number of nitrogens with zero attached hydrogens (tertiary/aromatic N) is 6.